The number of anilines is 2. The van der Waals surface area contributed by atoms with Gasteiger partial charge >= 0.3 is 6.61 Å². The molecule has 0 aliphatic carbocycles. The van der Waals surface area contributed by atoms with Gasteiger partial charge < -0.3 is 15.8 Å². The molecule has 0 fully saturated rings. The van der Waals surface area contributed by atoms with Crippen molar-refractivity contribution in [2.75, 3.05) is 11.1 Å². The number of thiophene rings is 1. The maximum atomic E-state index is 12.2. The highest BCUT2D eigenvalue weighted by molar-refractivity contribution is 7.10. The van der Waals surface area contributed by atoms with E-state index >= 15 is 0 Å². The lowest BCUT2D eigenvalue weighted by Gasteiger charge is -2.12. The molecule has 0 atom stereocenters. The highest BCUT2D eigenvalue weighted by Gasteiger charge is 2.14. The average molecular weight is 339 g/mol. The van der Waals surface area contributed by atoms with E-state index in [0.29, 0.717) is 17.9 Å². The third kappa shape index (κ3) is 3.65. The van der Waals surface area contributed by atoms with E-state index in [0.717, 1.165) is 4.88 Å². The van der Waals surface area contributed by atoms with Crippen molar-refractivity contribution >= 4 is 45.9 Å². The second-order valence-corrected chi connectivity index (χ2v) is 5.62. The molecule has 0 saturated heterocycles. The predicted molar refractivity (Wildman–Crippen MR) is 79.2 cm³/mol. The second-order valence-electron chi connectivity index (χ2n) is 3.80. The normalized spacial score (nSPS) is 10.8. The minimum atomic E-state index is -2.98. The van der Waals surface area contributed by atoms with Crippen LogP contribution in [0.3, 0.4) is 0 Å². The molecule has 20 heavy (non-hydrogen) atoms. The fourth-order valence-corrected chi connectivity index (χ4v) is 2.85. The lowest BCUT2D eigenvalue weighted by molar-refractivity contribution is -0.0497. The van der Waals surface area contributed by atoms with Gasteiger partial charge in [-0.15, -0.1) is 11.3 Å². The van der Waals surface area contributed by atoms with Crippen LogP contribution in [0.1, 0.15) is 4.88 Å². The molecule has 2 rings (SSSR count). The molecule has 2 aromatic rings. The number of hydrogen-bond acceptors (Lipinski definition) is 4. The summed E-state index contributed by atoms with van der Waals surface area (Å²) in [6.07, 6.45) is 0. The maximum Gasteiger partial charge on any atom is 0.387 e. The molecular formula is C12H10Cl2F2N2OS. The first kappa shape index (κ1) is 15.2. The Kier molecular flexibility index (Phi) is 4.91. The van der Waals surface area contributed by atoms with Gasteiger partial charge in [-0.1, -0.05) is 23.2 Å². The van der Waals surface area contributed by atoms with Gasteiger partial charge in [0, 0.05) is 16.3 Å². The van der Waals surface area contributed by atoms with Crippen molar-refractivity contribution in [3.05, 3.63) is 38.5 Å². The molecule has 0 amide bonds. The summed E-state index contributed by atoms with van der Waals surface area (Å²) in [6, 6.07) is 4.74. The van der Waals surface area contributed by atoms with Crippen molar-refractivity contribution in [1.82, 2.24) is 0 Å². The molecule has 0 unspecified atom stereocenters. The molecule has 0 spiro atoms. The zero-order valence-corrected chi connectivity index (χ0v) is 12.3. The summed E-state index contributed by atoms with van der Waals surface area (Å²) < 4.78 is 28.6. The molecule has 0 saturated carbocycles. The van der Waals surface area contributed by atoms with Crippen molar-refractivity contribution < 1.29 is 13.5 Å². The molecule has 108 valence electrons. The zero-order valence-electron chi connectivity index (χ0n) is 10.00. The van der Waals surface area contributed by atoms with Gasteiger partial charge in [-0.2, -0.15) is 8.78 Å². The van der Waals surface area contributed by atoms with Crippen LogP contribution in [0.2, 0.25) is 10.0 Å². The van der Waals surface area contributed by atoms with Crippen LogP contribution >= 0.6 is 34.5 Å². The van der Waals surface area contributed by atoms with Crippen LogP contribution < -0.4 is 15.8 Å². The summed E-state index contributed by atoms with van der Waals surface area (Å²) in [5, 5.41) is 4.98. The van der Waals surface area contributed by atoms with Crippen LogP contribution in [0.4, 0.5) is 20.2 Å². The SMILES string of the molecule is Nc1ccsc1CNc1cc(Cl)c(OC(F)F)c(Cl)c1. The Hall–Kier alpha value is -1.24. The average Bonchev–Trinajstić information content (AvgIpc) is 2.77. The molecule has 1 heterocycles. The summed E-state index contributed by atoms with van der Waals surface area (Å²) in [5.41, 5.74) is 7.04. The van der Waals surface area contributed by atoms with Crippen LogP contribution in [0.5, 0.6) is 5.75 Å². The lowest BCUT2D eigenvalue weighted by Crippen LogP contribution is -2.04. The first-order chi connectivity index (χ1) is 9.47. The van der Waals surface area contributed by atoms with E-state index in [1.54, 1.807) is 6.07 Å². The van der Waals surface area contributed by atoms with Crippen molar-refractivity contribution in [3.8, 4) is 5.75 Å². The quantitative estimate of drug-likeness (QED) is 0.819. The fourth-order valence-electron chi connectivity index (χ4n) is 1.54. The highest BCUT2D eigenvalue weighted by Crippen LogP contribution is 2.37. The van der Waals surface area contributed by atoms with E-state index in [4.69, 9.17) is 28.9 Å². The summed E-state index contributed by atoms with van der Waals surface area (Å²) in [4.78, 5) is 0.963. The number of benzene rings is 1. The number of halogens is 4. The molecular weight excluding hydrogens is 329 g/mol. The van der Waals surface area contributed by atoms with Gasteiger partial charge in [0.1, 0.15) is 0 Å². The van der Waals surface area contributed by atoms with Crippen molar-refractivity contribution in [3.63, 3.8) is 0 Å². The maximum absolute atomic E-state index is 12.2. The lowest BCUT2D eigenvalue weighted by atomic mass is 10.3. The Labute approximate surface area is 128 Å². The van der Waals surface area contributed by atoms with E-state index in [9.17, 15) is 8.78 Å². The van der Waals surface area contributed by atoms with Crippen molar-refractivity contribution in [2.45, 2.75) is 13.2 Å². The highest BCUT2D eigenvalue weighted by atomic mass is 35.5. The van der Waals surface area contributed by atoms with Crippen molar-refractivity contribution in [2.24, 2.45) is 0 Å². The summed E-state index contributed by atoms with van der Waals surface area (Å²) >= 11 is 13.2. The monoisotopic (exact) mass is 338 g/mol. The second kappa shape index (κ2) is 6.47. The number of ether oxygens (including phenoxy) is 1. The minimum absolute atomic E-state index is 0.0134. The topological polar surface area (TPSA) is 47.3 Å². The van der Waals surface area contributed by atoms with Gasteiger partial charge in [-0.05, 0) is 23.6 Å². The van der Waals surface area contributed by atoms with E-state index in [-0.39, 0.29) is 15.8 Å². The number of rotatable bonds is 5. The number of nitrogen functional groups attached to an aromatic ring is 1. The van der Waals surface area contributed by atoms with Crippen LogP contribution in [0, 0.1) is 0 Å². The number of nitrogens with two attached hydrogens (primary N) is 1. The molecule has 0 aliphatic heterocycles. The van der Waals surface area contributed by atoms with Crippen molar-refractivity contribution in [1.29, 1.82) is 0 Å². The molecule has 0 aliphatic rings. The van der Waals surface area contributed by atoms with E-state index in [2.05, 4.69) is 10.1 Å². The Morgan fingerprint density at radius 2 is 1.95 bits per heavy atom. The number of hydrogen-bond donors (Lipinski definition) is 2. The largest absolute Gasteiger partial charge is 0.432 e. The Morgan fingerprint density at radius 1 is 1.30 bits per heavy atom. The number of nitrogens with one attached hydrogen (secondary N) is 1. The standard InChI is InChI=1S/C12H10Cl2F2N2OS/c13-7-3-6(4-8(14)11(7)19-12(15)16)18-5-10-9(17)1-2-20-10/h1-4,12,18H,5,17H2. The van der Waals surface area contributed by atoms with E-state index < -0.39 is 6.61 Å². The van der Waals surface area contributed by atoms with Gasteiger partial charge in [-0.3, -0.25) is 0 Å². The Morgan fingerprint density at radius 3 is 2.45 bits per heavy atom. The summed E-state index contributed by atoms with van der Waals surface area (Å²) in [5.74, 6) is -0.232. The van der Waals surface area contributed by atoms with Crippen LogP contribution in [-0.4, -0.2) is 6.61 Å². The van der Waals surface area contributed by atoms with Gasteiger partial charge in [0.05, 0.1) is 16.6 Å². The van der Waals surface area contributed by atoms with Crippen LogP contribution in [0.25, 0.3) is 0 Å². The molecule has 3 N–H and O–H groups in total. The smallest absolute Gasteiger partial charge is 0.387 e. The molecule has 8 heteroatoms. The van der Waals surface area contributed by atoms with Gasteiger partial charge in [0.25, 0.3) is 0 Å². The first-order valence-electron chi connectivity index (χ1n) is 5.47. The predicted octanol–water partition coefficient (Wildman–Crippen LogP) is 4.85. The van der Waals surface area contributed by atoms with E-state index in [1.165, 1.54) is 23.5 Å². The molecule has 0 radical (unpaired) electrons. The molecule has 1 aromatic carbocycles. The minimum Gasteiger partial charge on any atom is -0.432 e. The van der Waals surface area contributed by atoms with Crippen LogP contribution in [-0.2, 0) is 6.54 Å². The molecule has 1 aromatic heterocycles. The fraction of sp³-hybridized carbons (Fsp3) is 0.167. The summed E-state index contributed by atoms with van der Waals surface area (Å²) in [6.45, 7) is -2.49. The third-order valence-corrected chi connectivity index (χ3v) is 3.94. The molecule has 3 nitrogen and oxygen atoms in total. The zero-order chi connectivity index (χ0) is 14.7. The number of alkyl halides is 2. The first-order valence-corrected chi connectivity index (χ1v) is 7.10. The third-order valence-electron chi connectivity index (χ3n) is 2.44. The van der Waals surface area contributed by atoms with Gasteiger partial charge in [0.2, 0.25) is 0 Å². The Balaban J connectivity index is 2.12. The van der Waals surface area contributed by atoms with Gasteiger partial charge in [-0.25, -0.2) is 0 Å². The van der Waals surface area contributed by atoms with Gasteiger partial charge in [0.15, 0.2) is 5.75 Å². The molecule has 0 bridgehead atoms. The van der Waals surface area contributed by atoms with E-state index in [1.807, 2.05) is 5.38 Å². The van der Waals surface area contributed by atoms with Crippen LogP contribution in [0.15, 0.2) is 23.6 Å². The summed E-state index contributed by atoms with van der Waals surface area (Å²) in [7, 11) is 0. The Bertz CT molecular complexity index is 584.